The Labute approximate surface area is 97.7 Å². The lowest BCUT2D eigenvalue weighted by molar-refractivity contribution is -0.387. The summed E-state index contributed by atoms with van der Waals surface area (Å²) in [5, 5.41) is 10.7. The molecule has 0 saturated carbocycles. The monoisotopic (exact) mass is 296 g/mol. The Morgan fingerprint density at radius 3 is 2.69 bits per heavy atom. The van der Waals surface area contributed by atoms with Gasteiger partial charge in [-0.25, -0.2) is 13.8 Å². The topological polar surface area (TPSA) is 65.3 Å². The molecule has 0 aliphatic carbocycles. The quantitative estimate of drug-likeness (QED) is 0.487. The fourth-order valence-electron chi connectivity index (χ4n) is 1.16. The zero-order valence-corrected chi connectivity index (χ0v) is 9.70. The summed E-state index contributed by atoms with van der Waals surface area (Å²) in [6.45, 7) is 0. The van der Waals surface area contributed by atoms with Crippen molar-refractivity contribution in [2.75, 3.05) is 7.11 Å². The van der Waals surface area contributed by atoms with Crippen LogP contribution in [0.4, 0.5) is 14.5 Å². The van der Waals surface area contributed by atoms with Gasteiger partial charge in [0.2, 0.25) is 5.88 Å². The summed E-state index contributed by atoms with van der Waals surface area (Å²) in [5.74, 6) is -0.0737. The van der Waals surface area contributed by atoms with Crippen LogP contribution in [0.2, 0.25) is 0 Å². The summed E-state index contributed by atoms with van der Waals surface area (Å²) in [6.07, 6.45) is -2.95. The predicted molar refractivity (Wildman–Crippen MR) is 55.0 cm³/mol. The minimum atomic E-state index is -2.95. The molecule has 0 radical (unpaired) electrons. The van der Waals surface area contributed by atoms with Crippen LogP contribution in [0.15, 0.2) is 6.07 Å². The molecular weight excluding hydrogens is 290 g/mol. The van der Waals surface area contributed by atoms with Gasteiger partial charge in [-0.1, -0.05) is 15.9 Å². The third-order valence-corrected chi connectivity index (χ3v) is 2.36. The summed E-state index contributed by atoms with van der Waals surface area (Å²) in [5.41, 5.74) is -1.45. The van der Waals surface area contributed by atoms with Gasteiger partial charge in [0.05, 0.1) is 17.4 Å². The van der Waals surface area contributed by atoms with Crippen molar-refractivity contribution in [2.24, 2.45) is 0 Å². The van der Waals surface area contributed by atoms with Gasteiger partial charge in [-0.05, 0) is 0 Å². The Kier molecular flexibility index (Phi) is 4.11. The number of halogens is 3. The summed E-state index contributed by atoms with van der Waals surface area (Å²) in [6, 6.07) is 0.870. The van der Waals surface area contributed by atoms with Crippen LogP contribution in [0.5, 0.6) is 5.88 Å². The van der Waals surface area contributed by atoms with Gasteiger partial charge < -0.3 is 4.74 Å². The van der Waals surface area contributed by atoms with Crippen molar-refractivity contribution in [3.05, 3.63) is 27.4 Å². The molecule has 5 nitrogen and oxygen atoms in total. The largest absolute Gasteiger partial charge is 0.481 e. The molecule has 0 amide bonds. The maximum atomic E-state index is 12.6. The molecule has 0 unspecified atom stereocenters. The van der Waals surface area contributed by atoms with E-state index in [1.165, 1.54) is 7.11 Å². The number of nitro groups is 1. The number of rotatable bonds is 4. The highest BCUT2D eigenvalue weighted by atomic mass is 79.9. The molecule has 0 aliphatic heterocycles. The number of nitrogens with zero attached hydrogens (tertiary/aromatic N) is 2. The maximum absolute atomic E-state index is 12.6. The summed E-state index contributed by atoms with van der Waals surface area (Å²) in [4.78, 5) is 13.5. The van der Waals surface area contributed by atoms with Crippen molar-refractivity contribution in [1.29, 1.82) is 0 Å². The Morgan fingerprint density at radius 1 is 1.69 bits per heavy atom. The number of hydrogen-bond donors (Lipinski definition) is 0. The van der Waals surface area contributed by atoms with Crippen LogP contribution in [0.1, 0.15) is 17.7 Å². The van der Waals surface area contributed by atoms with Crippen molar-refractivity contribution in [2.45, 2.75) is 11.8 Å². The second kappa shape index (κ2) is 5.15. The molecule has 16 heavy (non-hydrogen) atoms. The zero-order valence-electron chi connectivity index (χ0n) is 8.11. The van der Waals surface area contributed by atoms with Crippen LogP contribution >= 0.6 is 15.9 Å². The molecule has 0 aliphatic rings. The Hall–Kier alpha value is -1.31. The molecule has 0 N–H and O–H groups in total. The molecule has 0 bridgehead atoms. The lowest BCUT2D eigenvalue weighted by Gasteiger charge is -2.07. The fraction of sp³-hybridized carbons (Fsp3) is 0.375. The van der Waals surface area contributed by atoms with Crippen molar-refractivity contribution >= 4 is 21.6 Å². The van der Waals surface area contributed by atoms with Gasteiger partial charge in [0, 0.05) is 6.07 Å². The molecule has 0 atom stereocenters. The minimum absolute atomic E-state index is 0.000231. The predicted octanol–water partition coefficient (Wildman–Crippen LogP) is 2.83. The van der Waals surface area contributed by atoms with Gasteiger partial charge >= 0.3 is 5.69 Å². The third kappa shape index (κ3) is 2.43. The number of pyridine rings is 1. The van der Waals surface area contributed by atoms with E-state index in [9.17, 15) is 18.9 Å². The van der Waals surface area contributed by atoms with E-state index < -0.39 is 22.6 Å². The number of aromatic nitrogens is 1. The summed E-state index contributed by atoms with van der Waals surface area (Å²) in [7, 11) is 1.25. The second-order valence-corrected chi connectivity index (χ2v) is 3.30. The van der Waals surface area contributed by atoms with Crippen LogP contribution < -0.4 is 4.74 Å². The molecule has 1 heterocycles. The number of alkyl halides is 3. The van der Waals surface area contributed by atoms with E-state index in [-0.39, 0.29) is 16.9 Å². The number of methoxy groups -OCH3 is 1. The number of hydrogen-bond acceptors (Lipinski definition) is 4. The molecule has 1 rings (SSSR count). The van der Waals surface area contributed by atoms with Crippen molar-refractivity contribution in [1.82, 2.24) is 4.98 Å². The van der Waals surface area contributed by atoms with E-state index in [2.05, 4.69) is 20.9 Å². The summed E-state index contributed by atoms with van der Waals surface area (Å²) >= 11 is 2.96. The zero-order chi connectivity index (χ0) is 12.3. The standard InChI is InChI=1S/C8H7BrF2N2O3/c1-16-6-2-4(8(10)11)7(13(14)15)5(3-9)12-6/h2,8H,3H2,1H3. The normalized spacial score (nSPS) is 10.6. The molecule has 88 valence electrons. The first-order chi connectivity index (χ1) is 7.51. The average Bonchev–Trinajstić information content (AvgIpc) is 2.26. The van der Waals surface area contributed by atoms with Gasteiger partial charge in [0.25, 0.3) is 6.43 Å². The molecule has 1 aromatic heterocycles. The first kappa shape index (κ1) is 12.8. The first-order valence-corrected chi connectivity index (χ1v) is 5.19. The van der Waals surface area contributed by atoms with E-state index >= 15 is 0 Å². The first-order valence-electron chi connectivity index (χ1n) is 4.07. The minimum Gasteiger partial charge on any atom is -0.481 e. The van der Waals surface area contributed by atoms with Crippen molar-refractivity contribution in [3.8, 4) is 5.88 Å². The highest BCUT2D eigenvalue weighted by molar-refractivity contribution is 9.08. The van der Waals surface area contributed by atoms with Crippen LogP contribution in [-0.2, 0) is 5.33 Å². The highest BCUT2D eigenvalue weighted by Crippen LogP contribution is 2.34. The fourth-order valence-corrected chi connectivity index (χ4v) is 1.55. The molecule has 0 saturated heterocycles. The third-order valence-electron chi connectivity index (χ3n) is 1.82. The SMILES string of the molecule is COc1cc(C(F)F)c([N+](=O)[O-])c(CBr)n1. The smallest absolute Gasteiger partial charge is 0.300 e. The van der Waals surface area contributed by atoms with E-state index in [0.717, 1.165) is 6.07 Å². The van der Waals surface area contributed by atoms with Gasteiger partial charge in [0.15, 0.2) is 0 Å². The molecule has 1 aromatic rings. The van der Waals surface area contributed by atoms with Gasteiger partial charge in [-0.2, -0.15) is 0 Å². The molecular formula is C8H7BrF2N2O3. The van der Waals surface area contributed by atoms with Crippen LogP contribution in [-0.4, -0.2) is 17.0 Å². The van der Waals surface area contributed by atoms with Gasteiger partial charge in [-0.3, -0.25) is 10.1 Å². The van der Waals surface area contributed by atoms with Crippen LogP contribution in [0, 0.1) is 10.1 Å². The van der Waals surface area contributed by atoms with Crippen molar-refractivity contribution in [3.63, 3.8) is 0 Å². The molecule has 0 spiro atoms. The van der Waals surface area contributed by atoms with E-state index in [4.69, 9.17) is 4.74 Å². The van der Waals surface area contributed by atoms with E-state index in [0.29, 0.717) is 0 Å². The van der Waals surface area contributed by atoms with Crippen molar-refractivity contribution < 1.29 is 18.4 Å². The molecule has 8 heteroatoms. The van der Waals surface area contributed by atoms with E-state index in [1.54, 1.807) is 0 Å². The Balaban J connectivity index is 3.47. The van der Waals surface area contributed by atoms with E-state index in [1.807, 2.05) is 0 Å². The highest BCUT2D eigenvalue weighted by Gasteiger charge is 2.27. The summed E-state index contributed by atoms with van der Waals surface area (Å²) < 4.78 is 29.9. The molecule has 0 fully saturated rings. The number of ether oxygens (including phenoxy) is 1. The lowest BCUT2D eigenvalue weighted by atomic mass is 10.2. The average molecular weight is 297 g/mol. The van der Waals surface area contributed by atoms with Crippen LogP contribution in [0.25, 0.3) is 0 Å². The van der Waals surface area contributed by atoms with Crippen LogP contribution in [0.3, 0.4) is 0 Å². The Bertz CT molecular complexity index is 415. The second-order valence-electron chi connectivity index (χ2n) is 2.74. The molecule has 0 aromatic carbocycles. The van der Waals surface area contributed by atoms with Gasteiger partial charge in [-0.15, -0.1) is 0 Å². The lowest BCUT2D eigenvalue weighted by Crippen LogP contribution is -2.04. The maximum Gasteiger partial charge on any atom is 0.300 e. The van der Waals surface area contributed by atoms with Gasteiger partial charge in [0.1, 0.15) is 11.3 Å². The Morgan fingerprint density at radius 2 is 2.31 bits per heavy atom.